The number of benzene rings is 2. The van der Waals surface area contributed by atoms with Crippen LogP contribution in [0.15, 0.2) is 69.2 Å². The van der Waals surface area contributed by atoms with Crippen molar-refractivity contribution in [1.29, 1.82) is 0 Å². The van der Waals surface area contributed by atoms with Gasteiger partial charge >= 0.3 is 17.6 Å². The molecule has 10 nitrogen and oxygen atoms in total. The van der Waals surface area contributed by atoms with E-state index < -0.39 is 41.3 Å². The lowest BCUT2D eigenvalue weighted by Crippen LogP contribution is -2.51. The van der Waals surface area contributed by atoms with E-state index in [2.05, 4.69) is 0 Å². The van der Waals surface area contributed by atoms with Gasteiger partial charge in [0.2, 0.25) is 11.8 Å². The van der Waals surface area contributed by atoms with Gasteiger partial charge in [0.15, 0.2) is 5.75 Å². The number of amides is 1. The van der Waals surface area contributed by atoms with Crippen LogP contribution in [-0.4, -0.2) is 38.1 Å². The van der Waals surface area contributed by atoms with E-state index in [0.29, 0.717) is 11.1 Å². The van der Waals surface area contributed by atoms with Gasteiger partial charge < -0.3 is 24.4 Å². The topological polar surface area (TPSA) is 138 Å². The SMILES string of the molecule is CCOC(=O)CN1C(=O)[C@]2(C(C(=O)OC)=C(N)Oc3c2c(=O)oc2ccccc32)c2ccccc21. The molecule has 10 heteroatoms. The van der Waals surface area contributed by atoms with Crippen LogP contribution in [0.1, 0.15) is 18.1 Å². The number of carbonyl (C=O) groups is 3. The number of anilines is 1. The molecule has 0 radical (unpaired) electrons. The molecule has 0 unspecified atom stereocenters. The summed E-state index contributed by atoms with van der Waals surface area (Å²) in [6, 6.07) is 13.1. The monoisotopic (exact) mass is 476 g/mol. The van der Waals surface area contributed by atoms with Crippen molar-refractivity contribution in [2.45, 2.75) is 12.3 Å². The Hall–Kier alpha value is -4.60. The molecule has 1 aromatic heterocycles. The summed E-state index contributed by atoms with van der Waals surface area (Å²) >= 11 is 0. The number of hydrogen-bond acceptors (Lipinski definition) is 9. The van der Waals surface area contributed by atoms with Crippen LogP contribution in [0.4, 0.5) is 5.69 Å². The predicted molar refractivity (Wildman–Crippen MR) is 123 cm³/mol. The van der Waals surface area contributed by atoms with Crippen molar-refractivity contribution in [3.05, 3.63) is 81.5 Å². The summed E-state index contributed by atoms with van der Waals surface area (Å²) in [7, 11) is 1.12. The number of carbonyl (C=O) groups excluding carboxylic acids is 3. The first-order valence-electron chi connectivity index (χ1n) is 10.8. The molecular weight excluding hydrogens is 456 g/mol. The van der Waals surface area contributed by atoms with Gasteiger partial charge in [0.1, 0.15) is 28.7 Å². The van der Waals surface area contributed by atoms with Crippen LogP contribution in [0.25, 0.3) is 11.0 Å². The van der Waals surface area contributed by atoms with Crippen LogP contribution >= 0.6 is 0 Å². The van der Waals surface area contributed by atoms with E-state index in [1.54, 1.807) is 55.5 Å². The molecule has 1 spiro atoms. The zero-order valence-corrected chi connectivity index (χ0v) is 18.8. The molecule has 2 aromatic carbocycles. The third kappa shape index (κ3) is 2.96. The second-order valence-corrected chi connectivity index (χ2v) is 7.89. The van der Waals surface area contributed by atoms with Gasteiger partial charge in [0, 0.05) is 11.3 Å². The maximum Gasteiger partial charge on any atom is 0.345 e. The van der Waals surface area contributed by atoms with Gasteiger partial charge in [-0.15, -0.1) is 0 Å². The highest BCUT2D eigenvalue weighted by Gasteiger charge is 2.63. The lowest BCUT2D eigenvalue weighted by Gasteiger charge is -2.35. The summed E-state index contributed by atoms with van der Waals surface area (Å²) in [4.78, 5) is 54.4. The number of fused-ring (bicyclic) bond motifs is 6. The number of hydrogen-bond donors (Lipinski definition) is 1. The first-order chi connectivity index (χ1) is 16.9. The van der Waals surface area contributed by atoms with E-state index >= 15 is 0 Å². The van der Waals surface area contributed by atoms with Crippen LogP contribution in [-0.2, 0) is 29.3 Å². The Bertz CT molecular complexity index is 1500. The minimum atomic E-state index is -2.07. The number of ether oxygens (including phenoxy) is 3. The standard InChI is InChI=1S/C25H20N2O8/c1-3-33-17(28)12-27-15-10-6-5-9-14(15)25(24(27)31)18-20(35-21(26)19(25)22(29)32-2)13-8-4-7-11-16(13)34-23(18)30/h4-11H,3,12,26H2,1-2H3/t25-/m1/s1. The van der Waals surface area contributed by atoms with Crippen molar-refractivity contribution in [3.63, 3.8) is 0 Å². The summed E-state index contributed by atoms with van der Waals surface area (Å²) in [6.07, 6.45) is 0. The third-order valence-corrected chi connectivity index (χ3v) is 6.12. The average molecular weight is 476 g/mol. The molecule has 178 valence electrons. The Balaban J connectivity index is 1.91. The van der Waals surface area contributed by atoms with E-state index in [-0.39, 0.29) is 34.6 Å². The molecule has 0 saturated heterocycles. The Morgan fingerprint density at radius 2 is 1.80 bits per heavy atom. The molecule has 0 bridgehead atoms. The highest BCUT2D eigenvalue weighted by Crippen LogP contribution is 2.55. The molecule has 3 aromatic rings. The molecule has 0 saturated carbocycles. The predicted octanol–water partition coefficient (Wildman–Crippen LogP) is 1.72. The molecule has 1 amide bonds. The fourth-order valence-corrected chi connectivity index (χ4v) is 4.81. The smallest absolute Gasteiger partial charge is 0.345 e. The van der Waals surface area contributed by atoms with Gasteiger partial charge in [-0.1, -0.05) is 30.3 Å². The zero-order chi connectivity index (χ0) is 24.9. The molecular formula is C25H20N2O8. The average Bonchev–Trinajstić information content (AvgIpc) is 3.07. The second-order valence-electron chi connectivity index (χ2n) is 7.89. The fourth-order valence-electron chi connectivity index (χ4n) is 4.81. The van der Waals surface area contributed by atoms with Gasteiger partial charge in [0.05, 0.1) is 19.1 Å². The van der Waals surface area contributed by atoms with E-state index in [0.717, 1.165) is 12.0 Å². The maximum atomic E-state index is 14.3. The Morgan fingerprint density at radius 3 is 2.54 bits per heavy atom. The lowest BCUT2D eigenvalue weighted by molar-refractivity contribution is -0.142. The van der Waals surface area contributed by atoms with Gasteiger partial charge in [-0.2, -0.15) is 0 Å². The Labute approximate surface area is 198 Å². The van der Waals surface area contributed by atoms with Crippen LogP contribution in [0, 0.1) is 0 Å². The van der Waals surface area contributed by atoms with Crippen molar-refractivity contribution in [2.75, 3.05) is 25.2 Å². The van der Waals surface area contributed by atoms with Gasteiger partial charge in [-0.3, -0.25) is 14.5 Å². The summed E-state index contributed by atoms with van der Waals surface area (Å²) in [5.74, 6) is -2.81. The molecule has 3 heterocycles. The molecule has 1 atom stereocenters. The lowest BCUT2D eigenvalue weighted by atomic mass is 9.68. The molecule has 35 heavy (non-hydrogen) atoms. The molecule has 0 aliphatic carbocycles. The van der Waals surface area contributed by atoms with Crippen molar-refractivity contribution < 1.29 is 33.0 Å². The highest BCUT2D eigenvalue weighted by molar-refractivity contribution is 6.20. The molecule has 2 aliphatic heterocycles. The van der Waals surface area contributed by atoms with Crippen molar-refractivity contribution in [3.8, 4) is 5.75 Å². The molecule has 2 aliphatic rings. The minimum absolute atomic E-state index is 0.0110. The zero-order valence-electron chi connectivity index (χ0n) is 18.8. The number of methoxy groups -OCH3 is 1. The van der Waals surface area contributed by atoms with E-state index in [4.69, 9.17) is 24.4 Å². The second kappa shape index (κ2) is 8.01. The van der Waals surface area contributed by atoms with Crippen molar-refractivity contribution in [1.82, 2.24) is 0 Å². The van der Waals surface area contributed by atoms with Crippen LogP contribution < -0.4 is 21.0 Å². The number of rotatable bonds is 4. The molecule has 5 rings (SSSR count). The van der Waals surface area contributed by atoms with Crippen LogP contribution in [0.3, 0.4) is 0 Å². The quantitative estimate of drug-likeness (QED) is 0.440. The maximum absolute atomic E-state index is 14.3. The van der Waals surface area contributed by atoms with E-state index in [1.807, 2.05) is 0 Å². The number of nitrogens with zero attached hydrogens (tertiary/aromatic N) is 1. The van der Waals surface area contributed by atoms with Gasteiger partial charge in [-0.25, -0.2) is 9.59 Å². The summed E-state index contributed by atoms with van der Waals surface area (Å²) in [6.45, 7) is 1.30. The van der Waals surface area contributed by atoms with Crippen molar-refractivity contribution >= 4 is 34.5 Å². The van der Waals surface area contributed by atoms with E-state index in [1.165, 1.54) is 0 Å². The number of para-hydroxylation sites is 2. The summed E-state index contributed by atoms with van der Waals surface area (Å²) in [5, 5.41) is 0.377. The summed E-state index contributed by atoms with van der Waals surface area (Å²) < 4.78 is 21.3. The number of esters is 2. The normalized spacial score (nSPS) is 18.3. The first kappa shape index (κ1) is 22.2. The van der Waals surface area contributed by atoms with Crippen LogP contribution in [0.2, 0.25) is 0 Å². The Kier molecular flexibility index (Phi) is 5.08. The van der Waals surface area contributed by atoms with Gasteiger partial charge in [0.25, 0.3) is 0 Å². The minimum Gasteiger partial charge on any atom is -0.465 e. The molecule has 0 fully saturated rings. The number of nitrogens with two attached hydrogens (primary N) is 1. The molecule has 2 N–H and O–H groups in total. The van der Waals surface area contributed by atoms with E-state index in [9.17, 15) is 19.2 Å². The Morgan fingerprint density at radius 1 is 1.09 bits per heavy atom. The van der Waals surface area contributed by atoms with Crippen molar-refractivity contribution in [2.24, 2.45) is 5.73 Å². The largest absolute Gasteiger partial charge is 0.465 e. The summed E-state index contributed by atoms with van der Waals surface area (Å²) in [5.41, 5.74) is 3.44. The first-order valence-corrected chi connectivity index (χ1v) is 10.8. The highest BCUT2D eigenvalue weighted by atomic mass is 16.5. The fraction of sp³-hybridized carbons (Fsp3) is 0.200. The van der Waals surface area contributed by atoms with Crippen LogP contribution in [0.5, 0.6) is 5.75 Å². The van der Waals surface area contributed by atoms with Gasteiger partial charge in [-0.05, 0) is 25.1 Å². The third-order valence-electron chi connectivity index (χ3n) is 6.12.